The number of benzene rings is 1. The number of likely N-dealkylation sites (N-methyl/N-ethyl adjacent to an activating group) is 1. The van der Waals surface area contributed by atoms with E-state index in [0.717, 1.165) is 19.4 Å². The van der Waals surface area contributed by atoms with E-state index in [1.165, 1.54) is 5.56 Å². The fraction of sp³-hybridized carbons (Fsp3) is 0.517. The Bertz CT molecular complexity index is 1100. The van der Waals surface area contributed by atoms with Crippen LogP contribution in [0.25, 0.3) is 0 Å². The maximum absolute atomic E-state index is 13.6. The van der Waals surface area contributed by atoms with Gasteiger partial charge in [0.15, 0.2) is 0 Å². The Hall–Kier alpha value is -2.92. The van der Waals surface area contributed by atoms with E-state index in [4.69, 9.17) is 4.74 Å². The molecule has 2 heterocycles. The summed E-state index contributed by atoms with van der Waals surface area (Å²) in [6.07, 6.45) is 4.66. The third-order valence-electron chi connectivity index (χ3n) is 7.18. The van der Waals surface area contributed by atoms with Gasteiger partial charge in [0.25, 0.3) is 5.91 Å². The molecule has 192 valence electrons. The van der Waals surface area contributed by atoms with E-state index in [0.29, 0.717) is 37.1 Å². The Morgan fingerprint density at radius 3 is 2.69 bits per heavy atom. The Kier molecular flexibility index (Phi) is 8.30. The summed E-state index contributed by atoms with van der Waals surface area (Å²) < 4.78 is 6.38. The highest BCUT2D eigenvalue weighted by Gasteiger charge is 2.34. The number of fused-ring (bicyclic) bond motifs is 1. The molecular weight excluding hydrogens is 454 g/mol. The van der Waals surface area contributed by atoms with Gasteiger partial charge in [-0.3, -0.25) is 9.69 Å². The standard InChI is InChI=1S/C29H37N3O4/c1-21-17-32(22(2)20-33)28(34)25-15-24(11-14-29(35)12-7-8-13-29)16-30-27(25)36-26(21)19-31(3)18-23-9-5-4-6-10-23/h4-6,9-10,15-16,21-22,26,33,35H,7-8,12-13,17-20H2,1-3H3/t21-,22+,26-/m0/s1. The number of carbonyl (C=O) groups is 1. The molecule has 0 unspecified atom stereocenters. The molecule has 1 aliphatic carbocycles. The van der Waals surface area contributed by atoms with Crippen molar-refractivity contribution in [2.24, 2.45) is 5.92 Å². The summed E-state index contributed by atoms with van der Waals surface area (Å²) in [5.41, 5.74) is 1.15. The molecule has 1 fully saturated rings. The average Bonchev–Trinajstić information content (AvgIpc) is 3.31. The minimum absolute atomic E-state index is 0.0206. The zero-order valence-corrected chi connectivity index (χ0v) is 21.5. The molecule has 0 spiro atoms. The van der Waals surface area contributed by atoms with Gasteiger partial charge in [-0.15, -0.1) is 0 Å². The SMILES string of the molecule is C[C@H](CO)N1C[C@H](C)[C@H](CN(C)Cc2ccccc2)Oc2ncc(C#CC3(O)CCCC3)cc2C1=O. The van der Waals surface area contributed by atoms with Crippen molar-refractivity contribution in [3.8, 4) is 17.7 Å². The lowest BCUT2D eigenvalue weighted by molar-refractivity contribution is 0.0325. The van der Waals surface area contributed by atoms with Crippen molar-refractivity contribution in [3.05, 3.63) is 59.3 Å². The molecule has 4 rings (SSSR count). The van der Waals surface area contributed by atoms with E-state index in [-0.39, 0.29) is 36.5 Å². The number of amides is 1. The van der Waals surface area contributed by atoms with Gasteiger partial charge in [0.2, 0.25) is 5.88 Å². The number of hydrogen-bond donors (Lipinski definition) is 2. The van der Waals surface area contributed by atoms with Crippen molar-refractivity contribution in [3.63, 3.8) is 0 Å². The van der Waals surface area contributed by atoms with Crippen LogP contribution in [0.3, 0.4) is 0 Å². The largest absolute Gasteiger partial charge is 0.472 e. The summed E-state index contributed by atoms with van der Waals surface area (Å²) in [5, 5.41) is 20.5. The van der Waals surface area contributed by atoms with Crippen LogP contribution in [0, 0.1) is 17.8 Å². The molecule has 1 aromatic carbocycles. The third kappa shape index (κ3) is 6.25. The van der Waals surface area contributed by atoms with Crippen LogP contribution >= 0.6 is 0 Å². The van der Waals surface area contributed by atoms with E-state index in [1.807, 2.05) is 25.1 Å². The predicted octanol–water partition coefficient (Wildman–Crippen LogP) is 3.09. The first-order chi connectivity index (χ1) is 17.3. The van der Waals surface area contributed by atoms with Gasteiger partial charge in [0, 0.05) is 37.3 Å². The number of pyridine rings is 1. The highest BCUT2D eigenvalue weighted by molar-refractivity contribution is 5.97. The van der Waals surface area contributed by atoms with Crippen molar-refractivity contribution in [1.29, 1.82) is 0 Å². The second-order valence-electron chi connectivity index (χ2n) is 10.4. The second-order valence-corrected chi connectivity index (χ2v) is 10.4. The van der Waals surface area contributed by atoms with Crippen molar-refractivity contribution in [2.75, 3.05) is 26.7 Å². The quantitative estimate of drug-likeness (QED) is 0.604. The van der Waals surface area contributed by atoms with Crippen molar-refractivity contribution in [1.82, 2.24) is 14.8 Å². The second kappa shape index (κ2) is 11.4. The molecule has 0 radical (unpaired) electrons. The summed E-state index contributed by atoms with van der Waals surface area (Å²) in [7, 11) is 2.06. The normalized spacial score (nSPS) is 22.2. The molecule has 2 N–H and O–H groups in total. The van der Waals surface area contributed by atoms with Crippen LogP contribution in [0.15, 0.2) is 42.6 Å². The molecular formula is C29H37N3O4. The number of rotatable bonds is 6. The molecule has 1 saturated carbocycles. The summed E-state index contributed by atoms with van der Waals surface area (Å²) >= 11 is 0. The molecule has 0 saturated heterocycles. The average molecular weight is 492 g/mol. The van der Waals surface area contributed by atoms with Gasteiger partial charge in [0.1, 0.15) is 17.3 Å². The molecule has 1 aromatic heterocycles. The minimum atomic E-state index is -0.966. The lowest BCUT2D eigenvalue weighted by atomic mass is 9.99. The molecule has 0 bridgehead atoms. The number of ether oxygens (including phenoxy) is 1. The number of aliphatic hydroxyl groups is 2. The lowest BCUT2D eigenvalue weighted by Crippen LogP contribution is -2.49. The maximum atomic E-state index is 13.6. The molecule has 7 nitrogen and oxygen atoms in total. The summed E-state index contributed by atoms with van der Waals surface area (Å²) in [6.45, 7) is 5.67. The van der Waals surface area contributed by atoms with Crippen LogP contribution in [0.4, 0.5) is 0 Å². The minimum Gasteiger partial charge on any atom is -0.472 e. The lowest BCUT2D eigenvalue weighted by Gasteiger charge is -2.37. The Labute approximate surface area is 214 Å². The van der Waals surface area contributed by atoms with Crippen LogP contribution in [-0.2, 0) is 6.54 Å². The van der Waals surface area contributed by atoms with E-state index in [1.54, 1.807) is 17.2 Å². The predicted molar refractivity (Wildman–Crippen MR) is 138 cm³/mol. The zero-order chi connectivity index (χ0) is 25.7. The van der Waals surface area contributed by atoms with Crippen LogP contribution in [0.2, 0.25) is 0 Å². The topological polar surface area (TPSA) is 86.1 Å². The summed E-state index contributed by atoms with van der Waals surface area (Å²) in [6, 6.07) is 11.6. The molecule has 1 aliphatic heterocycles. The van der Waals surface area contributed by atoms with Crippen LogP contribution in [0.5, 0.6) is 5.88 Å². The van der Waals surface area contributed by atoms with Crippen molar-refractivity contribution < 1.29 is 19.7 Å². The molecule has 1 amide bonds. The van der Waals surface area contributed by atoms with Crippen molar-refractivity contribution >= 4 is 5.91 Å². The number of aromatic nitrogens is 1. The summed E-state index contributed by atoms with van der Waals surface area (Å²) in [5.74, 6) is 6.08. The van der Waals surface area contributed by atoms with Gasteiger partial charge < -0.3 is 19.8 Å². The smallest absolute Gasteiger partial charge is 0.259 e. The first-order valence-corrected chi connectivity index (χ1v) is 12.8. The van der Waals surface area contributed by atoms with Gasteiger partial charge in [0.05, 0.1) is 12.6 Å². The monoisotopic (exact) mass is 491 g/mol. The number of carbonyl (C=O) groups excluding carboxylic acids is 1. The van der Waals surface area contributed by atoms with Gasteiger partial charge in [-0.05, 0) is 51.3 Å². The van der Waals surface area contributed by atoms with Gasteiger partial charge in [-0.2, -0.15) is 0 Å². The fourth-order valence-corrected chi connectivity index (χ4v) is 4.93. The number of aliphatic hydroxyl groups excluding tert-OH is 1. The Morgan fingerprint density at radius 2 is 2.00 bits per heavy atom. The van der Waals surface area contributed by atoms with Crippen LogP contribution in [0.1, 0.15) is 61.0 Å². The van der Waals surface area contributed by atoms with Gasteiger partial charge in [-0.1, -0.05) is 49.1 Å². The number of nitrogens with zero attached hydrogens (tertiary/aromatic N) is 3. The molecule has 3 atom stereocenters. The highest BCUT2D eigenvalue weighted by atomic mass is 16.5. The Balaban J connectivity index is 1.61. The van der Waals surface area contributed by atoms with E-state index < -0.39 is 5.60 Å². The van der Waals surface area contributed by atoms with E-state index >= 15 is 0 Å². The number of hydrogen-bond acceptors (Lipinski definition) is 6. The summed E-state index contributed by atoms with van der Waals surface area (Å²) in [4.78, 5) is 22.0. The fourth-order valence-electron chi connectivity index (χ4n) is 4.93. The molecule has 2 aliphatic rings. The molecule has 7 heteroatoms. The third-order valence-corrected chi connectivity index (χ3v) is 7.18. The zero-order valence-electron chi connectivity index (χ0n) is 21.5. The first kappa shape index (κ1) is 26.2. The molecule has 36 heavy (non-hydrogen) atoms. The van der Waals surface area contributed by atoms with E-state index in [9.17, 15) is 15.0 Å². The van der Waals surface area contributed by atoms with Crippen molar-refractivity contribution in [2.45, 2.75) is 63.8 Å². The van der Waals surface area contributed by atoms with Crippen LogP contribution in [-0.4, -0.2) is 75.4 Å². The molecule has 2 aromatic rings. The van der Waals surface area contributed by atoms with E-state index in [2.05, 4.69) is 47.8 Å². The Morgan fingerprint density at radius 1 is 1.28 bits per heavy atom. The first-order valence-electron chi connectivity index (χ1n) is 12.8. The highest BCUT2D eigenvalue weighted by Crippen LogP contribution is 2.30. The van der Waals surface area contributed by atoms with Gasteiger partial charge in [-0.25, -0.2) is 4.98 Å². The maximum Gasteiger partial charge on any atom is 0.259 e. The van der Waals surface area contributed by atoms with Crippen LogP contribution < -0.4 is 4.74 Å². The van der Waals surface area contributed by atoms with Gasteiger partial charge >= 0.3 is 0 Å².